The van der Waals surface area contributed by atoms with Crippen molar-refractivity contribution in [2.24, 2.45) is 0 Å². The second kappa shape index (κ2) is 11.6. The summed E-state index contributed by atoms with van der Waals surface area (Å²) in [6, 6.07) is 61.9. The van der Waals surface area contributed by atoms with E-state index in [1.807, 2.05) is 0 Å². The molecule has 0 saturated carbocycles. The zero-order valence-corrected chi connectivity index (χ0v) is 27.6. The van der Waals surface area contributed by atoms with Crippen LogP contribution in [-0.4, -0.2) is 9.13 Å². The first-order chi connectivity index (χ1) is 24.8. The summed E-state index contributed by atoms with van der Waals surface area (Å²) in [6.45, 7) is 0. The third-order valence-corrected chi connectivity index (χ3v) is 10.3. The smallest absolute Gasteiger partial charge is 0.0641 e. The van der Waals surface area contributed by atoms with Gasteiger partial charge in [0.2, 0.25) is 0 Å². The van der Waals surface area contributed by atoms with Crippen LogP contribution in [0.25, 0.3) is 83.5 Å². The standard InChI is InChI=1S/C48H34N2/c1-4-15-33(16-5-1)36-21-14-22-39(30-36)50-44-25-12-10-23-41(44)42-27-28-46-47(48(42)50)43-24-11-13-26-45(43)49(46)40-31-37(34-17-6-2-7-18-34)29-38(32-40)35-19-8-3-9-20-35/h1-12,14-25,27-32H,13,26H2. The molecule has 0 spiro atoms. The van der Waals surface area contributed by atoms with Crippen molar-refractivity contribution in [2.45, 2.75) is 12.8 Å². The lowest BCUT2D eigenvalue weighted by atomic mass is 9.97. The number of allylic oxidation sites excluding steroid dienone is 1. The molecule has 0 radical (unpaired) electrons. The van der Waals surface area contributed by atoms with Crippen molar-refractivity contribution in [3.8, 4) is 44.8 Å². The molecule has 0 N–H and O–H groups in total. The molecule has 1 aliphatic carbocycles. The van der Waals surface area contributed by atoms with Crippen LogP contribution in [0.3, 0.4) is 0 Å². The van der Waals surface area contributed by atoms with E-state index in [-0.39, 0.29) is 0 Å². The predicted octanol–water partition coefficient (Wildman–Crippen LogP) is 12.7. The Labute approximate surface area is 291 Å². The second-order valence-electron chi connectivity index (χ2n) is 13.3. The molecule has 0 fully saturated rings. The van der Waals surface area contributed by atoms with Gasteiger partial charge in [-0.05, 0) is 88.7 Å². The van der Waals surface area contributed by atoms with Gasteiger partial charge in [0, 0.05) is 38.8 Å². The van der Waals surface area contributed by atoms with E-state index < -0.39 is 0 Å². The molecule has 236 valence electrons. The summed E-state index contributed by atoms with van der Waals surface area (Å²) < 4.78 is 5.05. The molecule has 50 heavy (non-hydrogen) atoms. The SMILES string of the molecule is C1=Cc2c(n(-c3cc(-c4ccccc4)cc(-c4ccccc4)c3)c3ccc4c5ccccc5n(-c5cccc(-c6ccccc6)c5)c4c23)CC1. The van der Waals surface area contributed by atoms with Crippen LogP contribution in [0.1, 0.15) is 17.7 Å². The number of hydrogen-bond donors (Lipinski definition) is 0. The van der Waals surface area contributed by atoms with E-state index >= 15 is 0 Å². The van der Waals surface area contributed by atoms with Crippen LogP contribution in [0.2, 0.25) is 0 Å². The largest absolute Gasteiger partial charge is 0.313 e. The van der Waals surface area contributed by atoms with Gasteiger partial charge >= 0.3 is 0 Å². The maximum absolute atomic E-state index is 2.55. The highest BCUT2D eigenvalue weighted by Gasteiger charge is 2.25. The maximum Gasteiger partial charge on any atom is 0.0641 e. The van der Waals surface area contributed by atoms with Crippen molar-refractivity contribution in [1.29, 1.82) is 0 Å². The van der Waals surface area contributed by atoms with E-state index in [1.165, 1.54) is 88.7 Å². The summed E-state index contributed by atoms with van der Waals surface area (Å²) in [4.78, 5) is 0. The van der Waals surface area contributed by atoms with E-state index in [0.717, 1.165) is 12.8 Å². The number of fused-ring (bicyclic) bond motifs is 7. The van der Waals surface area contributed by atoms with Gasteiger partial charge in [-0.2, -0.15) is 0 Å². The van der Waals surface area contributed by atoms with Gasteiger partial charge in [-0.1, -0.05) is 140 Å². The molecule has 1 aliphatic rings. The molecular weight excluding hydrogens is 605 g/mol. The van der Waals surface area contributed by atoms with Crippen LogP contribution in [-0.2, 0) is 6.42 Å². The Kier molecular flexibility index (Phi) is 6.67. The third kappa shape index (κ3) is 4.57. The highest BCUT2D eigenvalue weighted by atomic mass is 15.0. The molecule has 9 aromatic rings. The molecule has 2 nitrogen and oxygen atoms in total. The Balaban J connectivity index is 1.30. The number of hydrogen-bond acceptors (Lipinski definition) is 0. The lowest BCUT2D eigenvalue weighted by Crippen LogP contribution is -2.03. The van der Waals surface area contributed by atoms with E-state index in [9.17, 15) is 0 Å². The van der Waals surface area contributed by atoms with Crippen LogP contribution >= 0.6 is 0 Å². The number of rotatable bonds is 5. The first kappa shape index (κ1) is 28.6. The molecule has 10 rings (SSSR count). The second-order valence-corrected chi connectivity index (χ2v) is 13.3. The molecule has 0 aliphatic heterocycles. The molecule has 2 aromatic heterocycles. The van der Waals surface area contributed by atoms with Gasteiger partial charge in [-0.25, -0.2) is 0 Å². The molecule has 0 saturated heterocycles. The summed E-state index contributed by atoms with van der Waals surface area (Å²) in [7, 11) is 0. The summed E-state index contributed by atoms with van der Waals surface area (Å²) in [6.07, 6.45) is 6.74. The lowest BCUT2D eigenvalue weighted by Gasteiger charge is -2.16. The van der Waals surface area contributed by atoms with Gasteiger partial charge in [-0.3, -0.25) is 0 Å². The van der Waals surface area contributed by atoms with Crippen molar-refractivity contribution in [2.75, 3.05) is 0 Å². The van der Waals surface area contributed by atoms with Crippen LogP contribution in [0.15, 0.2) is 176 Å². The third-order valence-electron chi connectivity index (χ3n) is 10.3. The molecule has 0 bridgehead atoms. The van der Waals surface area contributed by atoms with Crippen LogP contribution in [0.4, 0.5) is 0 Å². The van der Waals surface area contributed by atoms with Crippen LogP contribution in [0, 0.1) is 0 Å². The maximum atomic E-state index is 2.55. The van der Waals surface area contributed by atoms with Gasteiger partial charge in [0.05, 0.1) is 16.6 Å². The highest BCUT2D eigenvalue weighted by Crippen LogP contribution is 2.44. The lowest BCUT2D eigenvalue weighted by molar-refractivity contribution is 0.889. The van der Waals surface area contributed by atoms with Gasteiger partial charge in [-0.15, -0.1) is 0 Å². The Morgan fingerprint density at radius 3 is 1.70 bits per heavy atom. The Morgan fingerprint density at radius 1 is 0.400 bits per heavy atom. The number of para-hydroxylation sites is 1. The van der Waals surface area contributed by atoms with Crippen molar-refractivity contribution in [3.63, 3.8) is 0 Å². The molecule has 0 amide bonds. The van der Waals surface area contributed by atoms with Crippen LogP contribution in [0.5, 0.6) is 0 Å². The summed E-state index contributed by atoms with van der Waals surface area (Å²) in [5.41, 5.74) is 16.1. The normalized spacial score (nSPS) is 12.6. The quantitative estimate of drug-likeness (QED) is 0.178. The molecule has 2 heterocycles. The number of aromatic nitrogens is 2. The van der Waals surface area contributed by atoms with Crippen molar-refractivity contribution >= 4 is 38.8 Å². The average Bonchev–Trinajstić information content (AvgIpc) is 3.72. The van der Waals surface area contributed by atoms with Crippen molar-refractivity contribution < 1.29 is 0 Å². The van der Waals surface area contributed by atoms with Gasteiger partial charge in [0.1, 0.15) is 0 Å². The van der Waals surface area contributed by atoms with Gasteiger partial charge in [0.25, 0.3) is 0 Å². The van der Waals surface area contributed by atoms with E-state index in [1.54, 1.807) is 0 Å². The fraction of sp³-hybridized carbons (Fsp3) is 0.0417. The van der Waals surface area contributed by atoms with Crippen molar-refractivity contribution in [1.82, 2.24) is 9.13 Å². The first-order valence-electron chi connectivity index (χ1n) is 17.5. The fourth-order valence-corrected chi connectivity index (χ4v) is 8.11. The molecule has 0 unspecified atom stereocenters. The first-order valence-corrected chi connectivity index (χ1v) is 17.5. The topological polar surface area (TPSA) is 9.86 Å². The van der Waals surface area contributed by atoms with Gasteiger partial charge < -0.3 is 9.13 Å². The molecule has 2 heteroatoms. The summed E-state index contributed by atoms with van der Waals surface area (Å²) in [5.74, 6) is 0. The minimum Gasteiger partial charge on any atom is -0.313 e. The summed E-state index contributed by atoms with van der Waals surface area (Å²) >= 11 is 0. The van der Waals surface area contributed by atoms with Crippen LogP contribution < -0.4 is 0 Å². The van der Waals surface area contributed by atoms with Gasteiger partial charge in [0.15, 0.2) is 0 Å². The fourth-order valence-electron chi connectivity index (χ4n) is 8.11. The predicted molar refractivity (Wildman–Crippen MR) is 211 cm³/mol. The molecule has 0 atom stereocenters. The minimum absolute atomic E-state index is 0.988. The zero-order chi connectivity index (χ0) is 33.0. The molecular formula is C48H34N2. The summed E-state index contributed by atoms with van der Waals surface area (Å²) in [5, 5.41) is 3.86. The van der Waals surface area contributed by atoms with E-state index in [4.69, 9.17) is 0 Å². The monoisotopic (exact) mass is 638 g/mol. The molecule has 7 aromatic carbocycles. The number of benzene rings is 7. The Morgan fingerprint density at radius 2 is 1.00 bits per heavy atom. The minimum atomic E-state index is 0.988. The Bertz CT molecular complexity index is 2670. The average molecular weight is 639 g/mol. The van der Waals surface area contributed by atoms with E-state index in [0.29, 0.717) is 0 Å². The van der Waals surface area contributed by atoms with E-state index in [2.05, 4.69) is 191 Å². The highest BCUT2D eigenvalue weighted by molar-refractivity contribution is 6.20. The van der Waals surface area contributed by atoms with Crippen molar-refractivity contribution in [3.05, 3.63) is 187 Å². The zero-order valence-electron chi connectivity index (χ0n) is 27.6. The Hall–Kier alpha value is -6.38. The number of nitrogens with zero attached hydrogens (tertiary/aromatic N) is 2.